The molecule has 0 aliphatic heterocycles. The van der Waals surface area contributed by atoms with Gasteiger partial charge in [0.15, 0.2) is 0 Å². The highest BCUT2D eigenvalue weighted by Crippen LogP contribution is 2.31. The van der Waals surface area contributed by atoms with Crippen LogP contribution in [0.2, 0.25) is 0 Å². The lowest BCUT2D eigenvalue weighted by molar-refractivity contribution is 1.24. The van der Waals surface area contributed by atoms with Gasteiger partial charge in [-0.15, -0.1) is 0 Å². The molecule has 1 heterocycles. The molecule has 0 aliphatic carbocycles. The van der Waals surface area contributed by atoms with Gasteiger partial charge in [0.1, 0.15) is 0 Å². The van der Waals surface area contributed by atoms with Crippen LogP contribution < -0.4 is 0 Å². The summed E-state index contributed by atoms with van der Waals surface area (Å²) in [6, 6.07) is 17.0. The monoisotopic (exact) mass is 273 g/mol. The minimum Gasteiger partial charge on any atom is -0.310 e. The van der Waals surface area contributed by atoms with Crippen LogP contribution in [0.15, 0.2) is 78.9 Å². The first-order valence-electron chi connectivity index (χ1n) is 7.21. The van der Waals surface area contributed by atoms with Gasteiger partial charge in [0, 0.05) is 16.5 Å². The van der Waals surface area contributed by atoms with Crippen LogP contribution in [0.3, 0.4) is 0 Å². The van der Waals surface area contributed by atoms with E-state index in [1.54, 1.807) is 0 Å². The Morgan fingerprint density at radius 3 is 2.00 bits per heavy atom. The van der Waals surface area contributed by atoms with Crippen molar-refractivity contribution in [3.8, 4) is 0 Å². The maximum Gasteiger partial charge on any atom is 0.0540 e. The highest BCUT2D eigenvalue weighted by Gasteiger charge is 2.10. The van der Waals surface area contributed by atoms with Gasteiger partial charge in [-0.25, -0.2) is 0 Å². The van der Waals surface area contributed by atoms with Gasteiger partial charge < -0.3 is 4.57 Å². The van der Waals surface area contributed by atoms with Crippen molar-refractivity contribution in [1.29, 1.82) is 0 Å². The lowest BCUT2D eigenvalue weighted by atomic mass is 10.2. The molecule has 0 unspecified atom stereocenters. The molecule has 3 aromatic rings. The van der Waals surface area contributed by atoms with Crippen molar-refractivity contribution in [2.45, 2.75) is 13.8 Å². The summed E-state index contributed by atoms with van der Waals surface area (Å²) in [4.78, 5) is 0. The number of hydrogen-bond acceptors (Lipinski definition) is 0. The van der Waals surface area contributed by atoms with Crippen LogP contribution >= 0.6 is 0 Å². The molecule has 0 fully saturated rings. The van der Waals surface area contributed by atoms with Crippen LogP contribution in [0.25, 0.3) is 27.5 Å². The van der Waals surface area contributed by atoms with Gasteiger partial charge in [-0.2, -0.15) is 0 Å². The third-order valence-electron chi connectivity index (χ3n) is 3.69. The van der Waals surface area contributed by atoms with E-state index >= 15 is 0 Å². The Hall–Kier alpha value is -2.54. The summed E-state index contributed by atoms with van der Waals surface area (Å²) in [6.45, 7) is 8.40. The fourth-order valence-corrected chi connectivity index (χ4v) is 2.87. The number of rotatable bonds is 3. The first-order valence-corrected chi connectivity index (χ1v) is 7.21. The summed E-state index contributed by atoms with van der Waals surface area (Å²) in [5, 5.41) is 2.54. The molecule has 0 aliphatic rings. The van der Waals surface area contributed by atoms with Gasteiger partial charge >= 0.3 is 0 Å². The van der Waals surface area contributed by atoms with Crippen molar-refractivity contribution in [3.05, 3.63) is 78.9 Å². The average molecular weight is 273 g/mol. The summed E-state index contributed by atoms with van der Waals surface area (Å²) in [6.07, 6.45) is 6.27. The average Bonchev–Trinajstić information content (AvgIpc) is 2.82. The number of benzene rings is 2. The summed E-state index contributed by atoms with van der Waals surface area (Å²) in [5.74, 6) is 0. The summed E-state index contributed by atoms with van der Waals surface area (Å²) in [7, 11) is 0. The molecule has 1 aromatic heterocycles. The molecule has 0 saturated carbocycles. The lowest BCUT2D eigenvalue weighted by Crippen LogP contribution is -1.93. The van der Waals surface area contributed by atoms with Gasteiger partial charge in [0.05, 0.1) is 11.0 Å². The molecule has 3 rings (SSSR count). The molecular formula is C20H19N. The Labute approximate surface area is 125 Å². The van der Waals surface area contributed by atoms with Crippen LogP contribution in [0.1, 0.15) is 13.8 Å². The molecule has 2 aromatic carbocycles. The highest BCUT2D eigenvalue weighted by atomic mass is 15.0. The molecule has 0 bridgehead atoms. The molecule has 0 amide bonds. The van der Waals surface area contributed by atoms with Crippen LogP contribution in [0, 0.1) is 0 Å². The first kappa shape index (κ1) is 13.4. The highest BCUT2D eigenvalue weighted by molar-refractivity contribution is 6.10. The number of fused-ring (bicyclic) bond motifs is 3. The topological polar surface area (TPSA) is 4.93 Å². The van der Waals surface area contributed by atoms with Gasteiger partial charge in [-0.3, -0.25) is 0 Å². The number of nitrogens with zero attached hydrogens (tertiary/aromatic N) is 1. The van der Waals surface area contributed by atoms with E-state index in [4.69, 9.17) is 0 Å². The van der Waals surface area contributed by atoms with E-state index < -0.39 is 0 Å². The van der Waals surface area contributed by atoms with Crippen LogP contribution in [0.4, 0.5) is 0 Å². The van der Waals surface area contributed by atoms with E-state index in [2.05, 4.69) is 78.8 Å². The predicted molar refractivity (Wildman–Crippen MR) is 93.3 cm³/mol. The zero-order valence-corrected chi connectivity index (χ0v) is 12.5. The molecule has 21 heavy (non-hydrogen) atoms. The molecular weight excluding hydrogens is 254 g/mol. The minimum absolute atomic E-state index is 0.989. The Balaban J connectivity index is 2.30. The largest absolute Gasteiger partial charge is 0.310 e. The van der Waals surface area contributed by atoms with Crippen LogP contribution in [-0.4, -0.2) is 4.57 Å². The Kier molecular flexibility index (Phi) is 3.49. The maximum absolute atomic E-state index is 4.27. The van der Waals surface area contributed by atoms with Gasteiger partial charge in [-0.1, -0.05) is 55.1 Å². The second kappa shape index (κ2) is 5.45. The predicted octanol–water partition coefficient (Wildman–Crippen LogP) is 5.79. The molecule has 0 N–H and O–H groups in total. The van der Waals surface area contributed by atoms with Crippen molar-refractivity contribution >= 4 is 27.5 Å². The Morgan fingerprint density at radius 1 is 0.952 bits per heavy atom. The molecule has 0 spiro atoms. The quantitative estimate of drug-likeness (QED) is 0.532. The smallest absolute Gasteiger partial charge is 0.0540 e. The summed E-state index contributed by atoms with van der Waals surface area (Å²) in [5.41, 5.74) is 4.59. The Bertz CT molecular complexity index is 822. The molecule has 0 radical (unpaired) electrons. The number of allylic oxidation sites excluding steroid dienone is 5. The van der Waals surface area contributed by atoms with Crippen LogP contribution in [0.5, 0.6) is 0 Å². The second-order valence-electron chi connectivity index (χ2n) is 5.25. The zero-order chi connectivity index (χ0) is 14.8. The number of aromatic nitrogens is 1. The summed E-state index contributed by atoms with van der Waals surface area (Å²) < 4.78 is 2.23. The number of para-hydroxylation sites is 2. The van der Waals surface area contributed by atoms with Crippen molar-refractivity contribution in [2.24, 2.45) is 0 Å². The van der Waals surface area contributed by atoms with Crippen molar-refractivity contribution < 1.29 is 0 Å². The van der Waals surface area contributed by atoms with E-state index in [1.165, 1.54) is 27.4 Å². The van der Waals surface area contributed by atoms with Crippen molar-refractivity contribution in [1.82, 2.24) is 4.57 Å². The fourth-order valence-electron chi connectivity index (χ4n) is 2.87. The first-order chi connectivity index (χ1) is 10.2. The van der Waals surface area contributed by atoms with E-state index in [0.717, 1.165) is 5.70 Å². The molecule has 104 valence electrons. The van der Waals surface area contributed by atoms with E-state index in [0.29, 0.717) is 0 Å². The fraction of sp³-hybridized carbons (Fsp3) is 0.100. The normalized spacial score (nSPS) is 12.6. The van der Waals surface area contributed by atoms with Gasteiger partial charge in [0.25, 0.3) is 0 Å². The minimum atomic E-state index is 0.989. The van der Waals surface area contributed by atoms with Gasteiger partial charge in [-0.05, 0) is 37.6 Å². The van der Waals surface area contributed by atoms with Crippen molar-refractivity contribution in [2.75, 3.05) is 0 Å². The molecule has 0 atom stereocenters. The third kappa shape index (κ3) is 2.31. The molecule has 1 heteroatoms. The maximum atomic E-state index is 4.27. The van der Waals surface area contributed by atoms with E-state index in [9.17, 15) is 0 Å². The number of hydrogen-bond donors (Lipinski definition) is 0. The van der Waals surface area contributed by atoms with E-state index in [-0.39, 0.29) is 0 Å². The third-order valence-corrected chi connectivity index (χ3v) is 3.69. The van der Waals surface area contributed by atoms with E-state index in [1.807, 2.05) is 13.0 Å². The zero-order valence-electron chi connectivity index (χ0n) is 12.5. The van der Waals surface area contributed by atoms with Crippen LogP contribution in [-0.2, 0) is 0 Å². The molecule has 1 nitrogen and oxygen atoms in total. The second-order valence-corrected chi connectivity index (χ2v) is 5.25. The Morgan fingerprint density at radius 2 is 1.48 bits per heavy atom. The SMILES string of the molecule is C=C(C=C(C)C=CC)n1c2ccccc2c2ccccc21. The van der Waals surface area contributed by atoms with Gasteiger partial charge in [0.2, 0.25) is 0 Å². The standard InChI is InChI=1S/C20H19N/c1-4-9-15(2)14-16(3)21-19-12-7-5-10-17(19)18-11-6-8-13-20(18)21/h4-14H,3H2,1-2H3. The molecule has 0 saturated heterocycles. The van der Waals surface area contributed by atoms with Crippen molar-refractivity contribution in [3.63, 3.8) is 0 Å². The summed E-state index contributed by atoms with van der Waals surface area (Å²) >= 11 is 0. The lowest BCUT2D eigenvalue weighted by Gasteiger charge is -2.07.